The predicted molar refractivity (Wildman–Crippen MR) is 82.3 cm³/mol. The number of carboxylic acid groups (broad SMARTS) is 1. The second kappa shape index (κ2) is 5.96. The Morgan fingerprint density at radius 1 is 1.38 bits per heavy atom. The first-order chi connectivity index (χ1) is 12.0. The first kappa shape index (κ1) is 18.7. The zero-order valence-electron chi connectivity index (χ0n) is 13.5. The molecule has 1 saturated carbocycles. The minimum atomic E-state index is -4.87. The van der Waals surface area contributed by atoms with E-state index in [1.807, 2.05) is 0 Å². The maximum absolute atomic E-state index is 13.1. The number of benzene rings is 1. The van der Waals surface area contributed by atoms with Crippen LogP contribution in [0.2, 0.25) is 0 Å². The molecule has 10 heteroatoms. The van der Waals surface area contributed by atoms with Crippen LogP contribution >= 0.6 is 0 Å². The number of alkyl halides is 3. The van der Waals surface area contributed by atoms with Crippen LogP contribution in [0.15, 0.2) is 23.1 Å². The van der Waals surface area contributed by atoms with E-state index < -0.39 is 43.6 Å². The summed E-state index contributed by atoms with van der Waals surface area (Å²) >= 11 is 0. The maximum Gasteiger partial charge on any atom is 0.417 e. The highest BCUT2D eigenvalue weighted by atomic mass is 32.2. The Bertz CT molecular complexity index is 907. The summed E-state index contributed by atoms with van der Waals surface area (Å²) in [5.41, 5.74) is -3.17. The van der Waals surface area contributed by atoms with Crippen molar-refractivity contribution in [1.82, 2.24) is 4.31 Å². The van der Waals surface area contributed by atoms with Gasteiger partial charge >= 0.3 is 12.1 Å². The number of carbonyl (C=O) groups is 1. The van der Waals surface area contributed by atoms with Gasteiger partial charge in [-0.2, -0.15) is 22.7 Å². The predicted octanol–water partition coefficient (Wildman–Crippen LogP) is 2.45. The molecule has 1 heterocycles. The number of sulfonamides is 1. The van der Waals surface area contributed by atoms with Gasteiger partial charge in [-0.25, -0.2) is 8.42 Å². The van der Waals surface area contributed by atoms with Gasteiger partial charge in [0, 0.05) is 13.1 Å². The van der Waals surface area contributed by atoms with Crippen LogP contribution in [0.4, 0.5) is 13.2 Å². The van der Waals surface area contributed by atoms with Crippen LogP contribution in [0.1, 0.15) is 30.4 Å². The van der Waals surface area contributed by atoms with Crippen molar-refractivity contribution in [2.75, 3.05) is 13.1 Å². The molecule has 1 N–H and O–H groups in total. The van der Waals surface area contributed by atoms with Gasteiger partial charge in [-0.05, 0) is 37.0 Å². The quantitative estimate of drug-likeness (QED) is 0.858. The lowest BCUT2D eigenvalue weighted by Gasteiger charge is -2.23. The summed E-state index contributed by atoms with van der Waals surface area (Å²) in [7, 11) is -4.30. The molecular formula is C16H15F3N2O4S. The normalized spacial score (nSPS) is 26.5. The molecule has 1 aromatic rings. The van der Waals surface area contributed by atoms with Gasteiger partial charge in [-0.3, -0.25) is 4.79 Å². The fourth-order valence-electron chi connectivity index (χ4n) is 3.94. The van der Waals surface area contributed by atoms with E-state index in [0.29, 0.717) is 25.3 Å². The molecule has 3 rings (SSSR count). The summed E-state index contributed by atoms with van der Waals surface area (Å²) < 4.78 is 65.8. The summed E-state index contributed by atoms with van der Waals surface area (Å²) in [6.45, 7) is -0.285. The lowest BCUT2D eigenvalue weighted by atomic mass is 9.81. The molecule has 2 fully saturated rings. The van der Waals surface area contributed by atoms with Crippen LogP contribution in [-0.2, 0) is 21.0 Å². The molecule has 26 heavy (non-hydrogen) atoms. The lowest BCUT2D eigenvalue weighted by Crippen LogP contribution is -2.37. The van der Waals surface area contributed by atoms with E-state index in [2.05, 4.69) is 0 Å². The van der Waals surface area contributed by atoms with Gasteiger partial charge in [0.2, 0.25) is 10.0 Å². The van der Waals surface area contributed by atoms with Gasteiger partial charge in [0.25, 0.3) is 0 Å². The van der Waals surface area contributed by atoms with E-state index in [9.17, 15) is 31.5 Å². The van der Waals surface area contributed by atoms with Crippen LogP contribution in [0.25, 0.3) is 0 Å². The SMILES string of the molecule is N#Cc1ccc(S(=O)(=O)N2C[C@@H]3CCC[C@@]3(C(=O)O)C2)cc1C(F)(F)F. The summed E-state index contributed by atoms with van der Waals surface area (Å²) in [4.78, 5) is 11.1. The smallest absolute Gasteiger partial charge is 0.417 e. The molecule has 1 aliphatic carbocycles. The van der Waals surface area contributed by atoms with E-state index in [0.717, 1.165) is 16.4 Å². The number of hydrogen-bond acceptors (Lipinski definition) is 4. The highest BCUT2D eigenvalue weighted by molar-refractivity contribution is 7.89. The molecule has 2 aliphatic rings. The molecule has 0 bridgehead atoms. The van der Waals surface area contributed by atoms with Gasteiger partial charge < -0.3 is 5.11 Å². The topological polar surface area (TPSA) is 98.5 Å². The standard InChI is InChI=1S/C16H15F3N2O4S/c17-16(18,19)13-6-12(4-3-10(13)7-20)26(24,25)21-8-11-2-1-5-15(11,9-21)14(22)23/h3-4,6,11H,1-2,5,8-9H2,(H,22,23)/t11-,15+/m0/s1. The highest BCUT2D eigenvalue weighted by Gasteiger charge is 2.57. The molecular weight excluding hydrogens is 373 g/mol. The van der Waals surface area contributed by atoms with E-state index >= 15 is 0 Å². The lowest BCUT2D eigenvalue weighted by molar-refractivity contribution is -0.149. The van der Waals surface area contributed by atoms with E-state index in [4.69, 9.17) is 5.26 Å². The Morgan fingerprint density at radius 2 is 2.08 bits per heavy atom. The number of aliphatic carboxylic acids is 1. The average Bonchev–Trinajstić information content (AvgIpc) is 3.11. The third-order valence-electron chi connectivity index (χ3n) is 5.32. The monoisotopic (exact) mass is 388 g/mol. The Hall–Kier alpha value is -2.12. The van der Waals surface area contributed by atoms with E-state index in [-0.39, 0.29) is 19.0 Å². The van der Waals surface area contributed by atoms with Crippen LogP contribution in [0.3, 0.4) is 0 Å². The molecule has 1 aromatic carbocycles. The van der Waals surface area contributed by atoms with Gasteiger partial charge in [-0.15, -0.1) is 0 Å². The van der Waals surface area contributed by atoms with E-state index in [1.165, 1.54) is 6.07 Å². The van der Waals surface area contributed by atoms with Crippen LogP contribution in [0, 0.1) is 22.7 Å². The Labute approximate surface area is 147 Å². The molecule has 0 unspecified atom stereocenters. The van der Waals surface area contributed by atoms with Gasteiger partial charge in [-0.1, -0.05) is 6.42 Å². The first-order valence-corrected chi connectivity index (χ1v) is 9.31. The number of nitriles is 1. The van der Waals surface area contributed by atoms with Crippen LogP contribution in [-0.4, -0.2) is 36.9 Å². The van der Waals surface area contributed by atoms with Crippen molar-refractivity contribution in [3.63, 3.8) is 0 Å². The summed E-state index contributed by atoms with van der Waals surface area (Å²) in [6.07, 6.45) is -3.28. The van der Waals surface area contributed by atoms with Crippen LogP contribution in [0.5, 0.6) is 0 Å². The molecule has 140 valence electrons. The molecule has 0 radical (unpaired) electrons. The van der Waals surface area contributed by atoms with Gasteiger partial charge in [0.05, 0.1) is 27.5 Å². The number of rotatable bonds is 3. The molecule has 1 saturated heterocycles. The molecule has 0 aromatic heterocycles. The third-order valence-corrected chi connectivity index (χ3v) is 7.13. The molecule has 0 spiro atoms. The summed E-state index contributed by atoms with van der Waals surface area (Å²) in [6, 6.07) is 3.61. The molecule has 1 aliphatic heterocycles. The second-order valence-corrected chi connectivity index (χ2v) is 8.60. The first-order valence-electron chi connectivity index (χ1n) is 7.87. The Morgan fingerprint density at radius 3 is 2.62 bits per heavy atom. The van der Waals surface area contributed by atoms with Crippen molar-refractivity contribution in [2.45, 2.75) is 30.3 Å². The largest absolute Gasteiger partial charge is 0.481 e. The fraction of sp³-hybridized carbons (Fsp3) is 0.500. The van der Waals surface area contributed by atoms with Crippen molar-refractivity contribution in [1.29, 1.82) is 5.26 Å². The summed E-state index contributed by atoms with van der Waals surface area (Å²) in [5.74, 6) is -1.43. The highest BCUT2D eigenvalue weighted by Crippen LogP contribution is 2.50. The molecule has 2 atom stereocenters. The van der Waals surface area contributed by atoms with Crippen molar-refractivity contribution >= 4 is 16.0 Å². The number of fused-ring (bicyclic) bond motifs is 1. The molecule has 6 nitrogen and oxygen atoms in total. The Balaban J connectivity index is 2.00. The zero-order chi connectivity index (χ0) is 19.3. The van der Waals surface area contributed by atoms with Crippen LogP contribution < -0.4 is 0 Å². The van der Waals surface area contributed by atoms with Crippen molar-refractivity contribution in [2.24, 2.45) is 11.3 Å². The second-order valence-electron chi connectivity index (χ2n) is 6.66. The maximum atomic E-state index is 13.1. The van der Waals surface area contributed by atoms with E-state index in [1.54, 1.807) is 0 Å². The molecule has 0 amide bonds. The number of carboxylic acids is 1. The van der Waals surface area contributed by atoms with Gasteiger partial charge in [0.1, 0.15) is 0 Å². The number of nitrogens with zero attached hydrogens (tertiary/aromatic N) is 2. The van der Waals surface area contributed by atoms with Crippen molar-refractivity contribution < 1.29 is 31.5 Å². The van der Waals surface area contributed by atoms with Crippen molar-refractivity contribution in [3.05, 3.63) is 29.3 Å². The minimum absolute atomic E-state index is 0.0318. The summed E-state index contributed by atoms with van der Waals surface area (Å²) in [5, 5.41) is 18.4. The van der Waals surface area contributed by atoms with Gasteiger partial charge in [0.15, 0.2) is 0 Å². The third kappa shape index (κ3) is 2.75. The Kier molecular flexibility index (Phi) is 4.28. The minimum Gasteiger partial charge on any atom is -0.481 e. The number of halogens is 3. The zero-order valence-corrected chi connectivity index (χ0v) is 14.3. The average molecular weight is 388 g/mol. The number of hydrogen-bond donors (Lipinski definition) is 1. The van der Waals surface area contributed by atoms with Crippen molar-refractivity contribution in [3.8, 4) is 6.07 Å². The fourth-order valence-corrected chi connectivity index (χ4v) is 5.52.